The number of hydrogen-bond donors (Lipinski definition) is 1. The summed E-state index contributed by atoms with van der Waals surface area (Å²) in [6, 6.07) is -1.18. The highest BCUT2D eigenvalue weighted by Gasteiger charge is 2.75. The first-order valence-corrected chi connectivity index (χ1v) is 15.0. The van der Waals surface area contributed by atoms with Crippen LogP contribution in [0.4, 0.5) is 0 Å². The number of allylic oxidation sites excluding steroid dienone is 1. The molecule has 3 saturated heterocycles. The van der Waals surface area contributed by atoms with Crippen molar-refractivity contribution in [1.29, 1.82) is 0 Å². The quantitative estimate of drug-likeness (QED) is 0.181. The fourth-order valence-electron chi connectivity index (χ4n) is 6.48. The molecule has 0 radical (unpaired) electrons. The molecular formula is C29H46N2O5S. The number of rotatable bonds is 16. The molecule has 2 amide bonds. The third-order valence-electron chi connectivity index (χ3n) is 8.58. The molecule has 3 aliphatic rings. The first kappa shape index (κ1) is 29.8. The lowest BCUT2D eigenvalue weighted by Gasteiger charge is -2.41. The number of unbranched alkanes of at least 4 members (excludes halogenated alkanes) is 3. The third-order valence-corrected chi connectivity index (χ3v) is 10.5. The summed E-state index contributed by atoms with van der Waals surface area (Å²) in [4.78, 5) is 45.4. The molecule has 3 rings (SSSR count). The van der Waals surface area contributed by atoms with Crippen LogP contribution in [0.25, 0.3) is 0 Å². The summed E-state index contributed by atoms with van der Waals surface area (Å²) in [5, 5.41) is 10.4. The van der Waals surface area contributed by atoms with Gasteiger partial charge in [0.25, 0.3) is 0 Å². The molecule has 0 aromatic rings. The summed E-state index contributed by atoms with van der Waals surface area (Å²) in [6.45, 7) is 14.9. The van der Waals surface area contributed by atoms with E-state index < -0.39 is 28.7 Å². The van der Waals surface area contributed by atoms with Gasteiger partial charge in [-0.25, -0.2) is 0 Å². The summed E-state index contributed by atoms with van der Waals surface area (Å²) >= 11 is 1.65. The van der Waals surface area contributed by atoms with E-state index in [9.17, 15) is 19.5 Å². The zero-order chi connectivity index (χ0) is 27.2. The standard InChI is InChI=1S/C29H46N2O5S/c1-6-10-12-17-30(16-8-3)27(34)25-29-15-14-22(37-29)23(28(35)36-18-13-11-7-2)24(29)26(33)31(25)21(19-32)20(5)9-4/h7-8,20-25,32H,2-3,6,9-19H2,1,4-5H3/t20-,21-,22-,23+,24-,25?,29?/m0/s1. The fraction of sp³-hybridized carbons (Fsp3) is 0.759. The zero-order valence-corrected chi connectivity index (χ0v) is 23.7. The number of carbonyl (C=O) groups excluding carboxylic acids is 3. The summed E-state index contributed by atoms with van der Waals surface area (Å²) in [5.74, 6) is -1.73. The van der Waals surface area contributed by atoms with Gasteiger partial charge < -0.3 is 19.6 Å². The molecule has 37 heavy (non-hydrogen) atoms. The van der Waals surface area contributed by atoms with Crippen LogP contribution in [0.5, 0.6) is 0 Å². The minimum atomic E-state index is -0.703. The summed E-state index contributed by atoms with van der Waals surface area (Å²) in [7, 11) is 0. The van der Waals surface area contributed by atoms with E-state index in [1.165, 1.54) is 0 Å². The number of aliphatic hydroxyl groups is 1. The highest BCUT2D eigenvalue weighted by atomic mass is 32.2. The molecule has 2 unspecified atom stereocenters. The molecule has 7 atom stereocenters. The van der Waals surface area contributed by atoms with E-state index in [4.69, 9.17) is 4.74 Å². The summed E-state index contributed by atoms with van der Waals surface area (Å²) in [5.41, 5.74) is 0. The Labute approximate surface area is 227 Å². The van der Waals surface area contributed by atoms with Gasteiger partial charge in [0.2, 0.25) is 11.8 Å². The van der Waals surface area contributed by atoms with Gasteiger partial charge in [0.05, 0.1) is 35.8 Å². The van der Waals surface area contributed by atoms with Gasteiger partial charge in [0.1, 0.15) is 6.04 Å². The molecular weight excluding hydrogens is 488 g/mol. The second-order valence-electron chi connectivity index (χ2n) is 10.8. The highest BCUT2D eigenvalue weighted by Crippen LogP contribution is 2.67. The van der Waals surface area contributed by atoms with E-state index in [0.717, 1.165) is 38.5 Å². The van der Waals surface area contributed by atoms with Crippen LogP contribution < -0.4 is 0 Å². The molecule has 8 heteroatoms. The SMILES string of the molecule is C=CCCCOC(=O)[C@@H]1[C@@H]2CCC3(S2)C(C(=O)N(CC=C)CCCCC)N([C@@H](CO)[C@@H](C)CC)C(=O)[C@H]13. The lowest BCUT2D eigenvalue weighted by molar-refractivity contribution is -0.155. The maximum absolute atomic E-state index is 14.3. The zero-order valence-electron chi connectivity index (χ0n) is 22.9. The van der Waals surface area contributed by atoms with E-state index >= 15 is 0 Å². The molecule has 0 saturated carbocycles. The van der Waals surface area contributed by atoms with E-state index in [1.54, 1.807) is 28.8 Å². The Bertz CT molecular complexity index is 850. The van der Waals surface area contributed by atoms with Gasteiger partial charge in [-0.1, -0.05) is 52.2 Å². The Kier molecular flexibility index (Phi) is 10.7. The van der Waals surface area contributed by atoms with E-state index in [0.29, 0.717) is 32.5 Å². The normalized spacial score (nSPS) is 29.6. The smallest absolute Gasteiger partial charge is 0.310 e. The minimum absolute atomic E-state index is 0.0129. The predicted octanol–water partition coefficient (Wildman–Crippen LogP) is 4.20. The van der Waals surface area contributed by atoms with Crippen LogP contribution in [-0.4, -0.2) is 81.1 Å². The Hall–Kier alpha value is -1.80. The number of fused-ring (bicyclic) bond motifs is 1. The van der Waals surface area contributed by atoms with Crippen molar-refractivity contribution < 1.29 is 24.2 Å². The molecule has 208 valence electrons. The van der Waals surface area contributed by atoms with Crippen molar-refractivity contribution in [1.82, 2.24) is 9.80 Å². The van der Waals surface area contributed by atoms with Gasteiger partial charge in [-0.05, 0) is 38.0 Å². The Balaban J connectivity index is 1.99. The van der Waals surface area contributed by atoms with Gasteiger partial charge >= 0.3 is 5.97 Å². The van der Waals surface area contributed by atoms with Crippen LogP contribution in [0.3, 0.4) is 0 Å². The number of hydrogen-bond acceptors (Lipinski definition) is 6. The average molecular weight is 535 g/mol. The van der Waals surface area contributed by atoms with Crippen molar-refractivity contribution in [2.75, 3.05) is 26.3 Å². The molecule has 3 aliphatic heterocycles. The lowest BCUT2D eigenvalue weighted by Crippen LogP contribution is -2.58. The molecule has 1 N–H and O–H groups in total. The molecule has 3 fully saturated rings. The van der Waals surface area contributed by atoms with Crippen LogP contribution in [0, 0.1) is 17.8 Å². The van der Waals surface area contributed by atoms with E-state index in [1.807, 2.05) is 18.7 Å². The number of carbonyl (C=O) groups is 3. The lowest BCUT2D eigenvalue weighted by atomic mass is 9.71. The van der Waals surface area contributed by atoms with Crippen LogP contribution >= 0.6 is 11.8 Å². The topological polar surface area (TPSA) is 87.2 Å². The van der Waals surface area contributed by atoms with Gasteiger partial charge in [-0.2, -0.15) is 0 Å². The molecule has 0 aromatic heterocycles. The first-order chi connectivity index (χ1) is 17.8. The number of ether oxygens (including phenoxy) is 1. The molecule has 7 nitrogen and oxygen atoms in total. The van der Waals surface area contributed by atoms with E-state index in [-0.39, 0.29) is 35.6 Å². The Morgan fingerprint density at radius 3 is 2.65 bits per heavy atom. The van der Waals surface area contributed by atoms with Gasteiger partial charge in [0, 0.05) is 18.3 Å². The molecule has 3 heterocycles. The first-order valence-electron chi connectivity index (χ1n) is 14.1. The maximum Gasteiger partial charge on any atom is 0.310 e. The molecule has 2 bridgehead atoms. The van der Waals surface area contributed by atoms with Crippen molar-refractivity contribution in [3.8, 4) is 0 Å². The molecule has 1 spiro atoms. The number of amides is 2. The van der Waals surface area contributed by atoms with Crippen LogP contribution in [-0.2, 0) is 19.1 Å². The monoisotopic (exact) mass is 534 g/mol. The van der Waals surface area contributed by atoms with Crippen LogP contribution in [0.1, 0.15) is 72.1 Å². The number of nitrogens with zero attached hydrogens (tertiary/aromatic N) is 2. The number of likely N-dealkylation sites (tertiary alicyclic amines) is 1. The van der Waals surface area contributed by atoms with Crippen molar-refractivity contribution in [2.24, 2.45) is 17.8 Å². The Morgan fingerprint density at radius 2 is 2.03 bits per heavy atom. The highest BCUT2D eigenvalue weighted by molar-refractivity contribution is 8.02. The summed E-state index contributed by atoms with van der Waals surface area (Å²) < 4.78 is 4.97. The van der Waals surface area contributed by atoms with Crippen LogP contribution in [0.2, 0.25) is 0 Å². The van der Waals surface area contributed by atoms with Crippen molar-refractivity contribution in [3.63, 3.8) is 0 Å². The third kappa shape index (κ3) is 5.65. The van der Waals surface area contributed by atoms with Crippen molar-refractivity contribution >= 4 is 29.5 Å². The average Bonchev–Trinajstić information content (AvgIpc) is 3.54. The maximum atomic E-state index is 14.3. The van der Waals surface area contributed by atoms with Crippen LogP contribution in [0.15, 0.2) is 25.3 Å². The fourth-order valence-corrected chi connectivity index (χ4v) is 8.67. The van der Waals surface area contributed by atoms with Crippen molar-refractivity contribution in [3.05, 3.63) is 25.3 Å². The van der Waals surface area contributed by atoms with E-state index in [2.05, 4.69) is 20.1 Å². The predicted molar refractivity (Wildman–Crippen MR) is 148 cm³/mol. The minimum Gasteiger partial charge on any atom is -0.465 e. The molecule has 0 aliphatic carbocycles. The Morgan fingerprint density at radius 1 is 1.27 bits per heavy atom. The molecule has 0 aromatic carbocycles. The van der Waals surface area contributed by atoms with Gasteiger partial charge in [0.15, 0.2) is 0 Å². The number of thioether (sulfide) groups is 1. The van der Waals surface area contributed by atoms with Crippen molar-refractivity contribution in [2.45, 2.75) is 94.2 Å². The van der Waals surface area contributed by atoms with Gasteiger partial charge in [-0.3, -0.25) is 14.4 Å². The number of esters is 1. The largest absolute Gasteiger partial charge is 0.465 e. The number of aliphatic hydroxyl groups excluding tert-OH is 1. The second kappa shape index (κ2) is 13.3. The van der Waals surface area contributed by atoms with Gasteiger partial charge in [-0.15, -0.1) is 24.9 Å². The second-order valence-corrected chi connectivity index (χ2v) is 12.4. The summed E-state index contributed by atoms with van der Waals surface area (Å²) in [6.07, 6.45) is 10.2.